The molecule has 0 radical (unpaired) electrons. The number of thiophene rings is 1. The second-order valence-corrected chi connectivity index (χ2v) is 9.96. The fourth-order valence-electron chi connectivity index (χ4n) is 3.49. The molecule has 3 rings (SSSR count). The second kappa shape index (κ2) is 8.89. The minimum Gasteiger partial charge on any atom is -0.353 e. The van der Waals surface area contributed by atoms with Crippen molar-refractivity contribution in [3.05, 3.63) is 47.3 Å². The van der Waals surface area contributed by atoms with Crippen molar-refractivity contribution in [3.63, 3.8) is 0 Å². The van der Waals surface area contributed by atoms with Gasteiger partial charge in [0.15, 0.2) is 0 Å². The zero-order valence-corrected chi connectivity index (χ0v) is 17.1. The first-order valence-corrected chi connectivity index (χ1v) is 11.8. The van der Waals surface area contributed by atoms with E-state index in [2.05, 4.69) is 17.0 Å². The number of carbonyl (C=O) groups is 1. The largest absolute Gasteiger partial charge is 0.353 e. The minimum absolute atomic E-state index is 0.0295. The van der Waals surface area contributed by atoms with Gasteiger partial charge in [0, 0.05) is 11.7 Å². The summed E-state index contributed by atoms with van der Waals surface area (Å²) in [6, 6.07) is 10.5. The van der Waals surface area contributed by atoms with Gasteiger partial charge < -0.3 is 5.32 Å². The van der Waals surface area contributed by atoms with Gasteiger partial charge in [0.25, 0.3) is 10.0 Å². The predicted molar refractivity (Wildman–Crippen MR) is 109 cm³/mol. The smallest absolute Gasteiger partial charge is 0.271 e. The lowest BCUT2D eigenvalue weighted by molar-refractivity contribution is -0.121. The van der Waals surface area contributed by atoms with E-state index in [1.807, 2.05) is 0 Å². The molecule has 1 aromatic heterocycles. The van der Waals surface area contributed by atoms with E-state index >= 15 is 0 Å². The number of rotatable bonds is 7. The molecule has 1 aromatic carbocycles. The number of benzene rings is 1. The molecule has 1 saturated carbocycles. The van der Waals surface area contributed by atoms with Crippen molar-refractivity contribution in [1.82, 2.24) is 5.32 Å². The molecular formula is C20H26N2O3S2. The monoisotopic (exact) mass is 406 g/mol. The van der Waals surface area contributed by atoms with E-state index in [-0.39, 0.29) is 16.2 Å². The van der Waals surface area contributed by atoms with Crippen molar-refractivity contribution in [1.29, 1.82) is 0 Å². The molecular weight excluding hydrogens is 380 g/mol. The Morgan fingerprint density at radius 2 is 1.81 bits per heavy atom. The molecule has 0 saturated heterocycles. The SMILES string of the molecule is CCC1CCC(NC(=O)Cc2ccc(NS(=O)(=O)c3cccs3)cc2)CC1. The maximum Gasteiger partial charge on any atom is 0.271 e. The Kier molecular flexibility index (Phi) is 6.55. The minimum atomic E-state index is -3.54. The number of carbonyl (C=O) groups excluding carboxylic acids is 1. The third kappa shape index (κ3) is 5.56. The molecule has 1 heterocycles. The standard InChI is InChI=1S/C20H26N2O3S2/c1-2-15-5-9-17(10-6-15)21-19(23)14-16-7-11-18(12-8-16)22-27(24,25)20-4-3-13-26-20/h3-4,7-8,11-13,15,17,22H,2,5-6,9-10,14H2,1H3,(H,21,23). The molecule has 146 valence electrons. The van der Waals surface area contributed by atoms with E-state index in [1.54, 1.807) is 41.8 Å². The van der Waals surface area contributed by atoms with E-state index in [1.165, 1.54) is 30.6 Å². The van der Waals surface area contributed by atoms with Crippen LogP contribution < -0.4 is 10.0 Å². The predicted octanol–water partition coefficient (Wildman–Crippen LogP) is 4.18. The molecule has 2 aromatic rings. The van der Waals surface area contributed by atoms with Crippen LogP contribution in [0, 0.1) is 5.92 Å². The van der Waals surface area contributed by atoms with Gasteiger partial charge in [-0.05, 0) is 60.7 Å². The highest BCUT2D eigenvalue weighted by Gasteiger charge is 2.21. The highest BCUT2D eigenvalue weighted by molar-refractivity contribution is 7.94. The van der Waals surface area contributed by atoms with Gasteiger partial charge in [-0.15, -0.1) is 11.3 Å². The first-order valence-electron chi connectivity index (χ1n) is 9.41. The summed E-state index contributed by atoms with van der Waals surface area (Å²) >= 11 is 1.18. The van der Waals surface area contributed by atoms with E-state index in [0.29, 0.717) is 12.1 Å². The summed E-state index contributed by atoms with van der Waals surface area (Å²) in [4.78, 5) is 12.3. The average molecular weight is 407 g/mol. The van der Waals surface area contributed by atoms with Crippen LogP contribution in [0.2, 0.25) is 0 Å². The summed E-state index contributed by atoms with van der Waals surface area (Å²) in [7, 11) is -3.54. The maximum absolute atomic E-state index is 12.3. The maximum atomic E-state index is 12.3. The summed E-state index contributed by atoms with van der Waals surface area (Å²) in [5.41, 5.74) is 1.36. The van der Waals surface area contributed by atoms with Crippen LogP contribution in [-0.4, -0.2) is 20.4 Å². The molecule has 1 aliphatic carbocycles. The quantitative estimate of drug-likeness (QED) is 0.724. The zero-order chi connectivity index (χ0) is 19.3. The lowest BCUT2D eigenvalue weighted by Crippen LogP contribution is -2.38. The topological polar surface area (TPSA) is 75.3 Å². The molecule has 2 N–H and O–H groups in total. The van der Waals surface area contributed by atoms with Crippen molar-refractivity contribution in [2.75, 3.05) is 4.72 Å². The lowest BCUT2D eigenvalue weighted by Gasteiger charge is -2.28. The third-order valence-corrected chi connectivity index (χ3v) is 7.90. The molecule has 0 atom stereocenters. The molecule has 1 aliphatic rings. The van der Waals surface area contributed by atoms with Crippen LogP contribution in [0.1, 0.15) is 44.6 Å². The Morgan fingerprint density at radius 1 is 1.11 bits per heavy atom. The number of anilines is 1. The number of amides is 1. The van der Waals surface area contributed by atoms with Crippen molar-refractivity contribution in [2.45, 2.75) is 55.7 Å². The molecule has 0 unspecified atom stereocenters. The van der Waals surface area contributed by atoms with Crippen molar-refractivity contribution < 1.29 is 13.2 Å². The molecule has 0 aliphatic heterocycles. The molecule has 5 nitrogen and oxygen atoms in total. The van der Waals surface area contributed by atoms with Gasteiger partial charge in [-0.1, -0.05) is 31.5 Å². The van der Waals surface area contributed by atoms with E-state index in [9.17, 15) is 13.2 Å². The summed E-state index contributed by atoms with van der Waals surface area (Å²) < 4.78 is 27.3. The van der Waals surface area contributed by atoms with Gasteiger partial charge in [0.1, 0.15) is 4.21 Å². The zero-order valence-electron chi connectivity index (χ0n) is 15.5. The van der Waals surface area contributed by atoms with Crippen LogP contribution in [0.3, 0.4) is 0 Å². The highest BCUT2D eigenvalue weighted by Crippen LogP contribution is 2.26. The number of hydrogen-bond acceptors (Lipinski definition) is 4. The van der Waals surface area contributed by atoms with Gasteiger partial charge in [-0.25, -0.2) is 8.42 Å². The normalized spacial score (nSPS) is 20.2. The Morgan fingerprint density at radius 3 is 2.41 bits per heavy atom. The lowest BCUT2D eigenvalue weighted by atomic mass is 9.84. The highest BCUT2D eigenvalue weighted by atomic mass is 32.2. The van der Waals surface area contributed by atoms with Crippen molar-refractivity contribution >= 4 is 33.0 Å². The van der Waals surface area contributed by atoms with Gasteiger partial charge >= 0.3 is 0 Å². The van der Waals surface area contributed by atoms with Crippen molar-refractivity contribution in [2.24, 2.45) is 5.92 Å². The average Bonchev–Trinajstić information content (AvgIpc) is 3.19. The Bertz CT molecular complexity index is 838. The van der Waals surface area contributed by atoms with Gasteiger partial charge in [0.2, 0.25) is 5.91 Å². The molecule has 7 heteroatoms. The third-order valence-electron chi connectivity index (χ3n) is 5.12. The summed E-state index contributed by atoms with van der Waals surface area (Å²) in [5, 5.41) is 4.86. The van der Waals surface area contributed by atoms with Crippen LogP contribution >= 0.6 is 11.3 Å². The number of sulfonamides is 1. The molecule has 1 amide bonds. The van der Waals surface area contributed by atoms with Crippen LogP contribution in [0.15, 0.2) is 46.0 Å². The molecule has 1 fully saturated rings. The van der Waals surface area contributed by atoms with Crippen LogP contribution in [-0.2, 0) is 21.2 Å². The molecule has 27 heavy (non-hydrogen) atoms. The number of hydrogen-bond donors (Lipinski definition) is 2. The summed E-state index contributed by atoms with van der Waals surface area (Å²) in [6.45, 7) is 2.23. The Hall–Kier alpha value is -1.86. The molecule has 0 bridgehead atoms. The van der Waals surface area contributed by atoms with Gasteiger partial charge in [0.05, 0.1) is 6.42 Å². The van der Waals surface area contributed by atoms with E-state index in [0.717, 1.165) is 24.3 Å². The van der Waals surface area contributed by atoms with Gasteiger partial charge in [-0.2, -0.15) is 0 Å². The first-order chi connectivity index (χ1) is 13.0. The first kappa shape index (κ1) is 19.9. The van der Waals surface area contributed by atoms with E-state index in [4.69, 9.17) is 0 Å². The van der Waals surface area contributed by atoms with Crippen LogP contribution in [0.25, 0.3) is 0 Å². The summed E-state index contributed by atoms with van der Waals surface area (Å²) in [5.74, 6) is 0.838. The number of nitrogens with one attached hydrogen (secondary N) is 2. The van der Waals surface area contributed by atoms with E-state index < -0.39 is 10.0 Å². The molecule has 0 spiro atoms. The summed E-state index contributed by atoms with van der Waals surface area (Å²) in [6.07, 6.45) is 6.05. The van der Waals surface area contributed by atoms with Crippen LogP contribution in [0.5, 0.6) is 0 Å². The van der Waals surface area contributed by atoms with Crippen molar-refractivity contribution in [3.8, 4) is 0 Å². The fraction of sp³-hybridized carbons (Fsp3) is 0.450. The van der Waals surface area contributed by atoms with Crippen LogP contribution in [0.4, 0.5) is 5.69 Å². The Balaban J connectivity index is 1.51. The van der Waals surface area contributed by atoms with Gasteiger partial charge in [-0.3, -0.25) is 9.52 Å². The Labute approximate surface area is 165 Å². The second-order valence-electron chi connectivity index (χ2n) is 7.10. The fourth-order valence-corrected chi connectivity index (χ4v) is 5.54.